The van der Waals surface area contributed by atoms with Crippen molar-refractivity contribution in [2.45, 2.75) is 12.5 Å². The molecule has 1 atom stereocenters. The molecule has 2 aromatic carbocycles. The highest BCUT2D eigenvalue weighted by Gasteiger charge is 2.32. The zero-order valence-corrected chi connectivity index (χ0v) is 15.9. The monoisotopic (exact) mass is 411 g/mol. The van der Waals surface area contributed by atoms with Crippen molar-refractivity contribution < 1.29 is 34.8 Å². The Morgan fingerprint density at radius 3 is 1.53 bits per heavy atom. The molecular formula is C22H21NO7. The minimum Gasteiger partial charge on any atom is -0.508 e. The van der Waals surface area contributed by atoms with Crippen LogP contribution in [-0.2, 0) is 14.4 Å². The molecule has 8 heteroatoms. The molecule has 2 amide bonds. The number of aliphatic hydroxyl groups is 1. The fourth-order valence-electron chi connectivity index (χ4n) is 2.57. The van der Waals surface area contributed by atoms with Gasteiger partial charge in [0.25, 0.3) is 11.8 Å². The van der Waals surface area contributed by atoms with E-state index in [0.717, 1.165) is 12.2 Å². The highest BCUT2D eigenvalue weighted by molar-refractivity contribution is 6.09. The highest BCUT2D eigenvalue weighted by atomic mass is 16.4. The van der Waals surface area contributed by atoms with E-state index in [9.17, 15) is 29.7 Å². The first-order valence-electron chi connectivity index (χ1n) is 8.97. The lowest BCUT2D eigenvalue weighted by Crippen LogP contribution is -2.48. The first-order chi connectivity index (χ1) is 14.3. The number of hydrogen-bond acceptors (Lipinski definition) is 6. The summed E-state index contributed by atoms with van der Waals surface area (Å²) in [5.74, 6) is -3.08. The van der Waals surface area contributed by atoms with Crippen molar-refractivity contribution in [3.63, 3.8) is 0 Å². The van der Waals surface area contributed by atoms with Gasteiger partial charge in [-0.3, -0.25) is 14.5 Å². The molecular weight excluding hydrogens is 390 g/mol. The van der Waals surface area contributed by atoms with E-state index in [1.165, 1.54) is 36.4 Å². The quantitative estimate of drug-likeness (QED) is 0.488. The second-order valence-electron chi connectivity index (χ2n) is 6.26. The number of phenolic OH excluding ortho intramolecular Hbond substituents is 2. The van der Waals surface area contributed by atoms with Crippen molar-refractivity contribution in [3.8, 4) is 11.5 Å². The summed E-state index contributed by atoms with van der Waals surface area (Å²) in [7, 11) is 0. The summed E-state index contributed by atoms with van der Waals surface area (Å²) < 4.78 is 0. The Kier molecular flexibility index (Phi) is 7.90. The predicted molar refractivity (Wildman–Crippen MR) is 109 cm³/mol. The number of aromatic hydroxyl groups is 2. The lowest BCUT2D eigenvalue weighted by molar-refractivity contribution is -0.155. The second kappa shape index (κ2) is 10.6. The van der Waals surface area contributed by atoms with Crippen LogP contribution >= 0.6 is 0 Å². The first-order valence-corrected chi connectivity index (χ1v) is 8.97. The molecule has 0 aliphatic rings. The summed E-state index contributed by atoms with van der Waals surface area (Å²) in [6.07, 6.45) is 4.53. The molecule has 0 unspecified atom stereocenters. The van der Waals surface area contributed by atoms with Gasteiger partial charge in [-0.25, -0.2) is 4.79 Å². The average Bonchev–Trinajstić information content (AvgIpc) is 2.72. The number of aliphatic carboxylic acids is 1. The Hall–Kier alpha value is -3.91. The maximum Gasteiger partial charge on any atom is 0.327 e. The molecule has 0 aliphatic heterocycles. The molecule has 8 nitrogen and oxygen atoms in total. The molecule has 0 bridgehead atoms. The first kappa shape index (κ1) is 22.4. The van der Waals surface area contributed by atoms with E-state index in [-0.39, 0.29) is 17.9 Å². The largest absolute Gasteiger partial charge is 0.508 e. The number of rotatable bonds is 8. The van der Waals surface area contributed by atoms with Crippen molar-refractivity contribution in [2.24, 2.45) is 0 Å². The van der Waals surface area contributed by atoms with E-state index >= 15 is 0 Å². The minimum absolute atomic E-state index is 0.0449. The number of carboxylic acids is 1. The van der Waals surface area contributed by atoms with Gasteiger partial charge in [0.1, 0.15) is 17.5 Å². The summed E-state index contributed by atoms with van der Waals surface area (Å²) >= 11 is 0. The van der Waals surface area contributed by atoms with Crippen LogP contribution in [0.2, 0.25) is 0 Å². The molecule has 0 fully saturated rings. The Bertz CT molecular complexity index is 879. The number of imide groups is 1. The van der Waals surface area contributed by atoms with Crippen LogP contribution in [0.5, 0.6) is 11.5 Å². The van der Waals surface area contributed by atoms with Gasteiger partial charge in [0, 0.05) is 25.2 Å². The van der Waals surface area contributed by atoms with Crippen molar-refractivity contribution >= 4 is 29.9 Å². The van der Waals surface area contributed by atoms with Gasteiger partial charge in [0.2, 0.25) is 0 Å². The van der Waals surface area contributed by atoms with E-state index in [1.807, 2.05) is 0 Å². The zero-order valence-electron chi connectivity index (χ0n) is 15.9. The van der Waals surface area contributed by atoms with E-state index in [2.05, 4.69) is 0 Å². The topological polar surface area (TPSA) is 135 Å². The van der Waals surface area contributed by atoms with Crippen LogP contribution in [0.15, 0.2) is 60.7 Å². The van der Waals surface area contributed by atoms with Crippen molar-refractivity contribution in [1.29, 1.82) is 0 Å². The van der Waals surface area contributed by atoms with Gasteiger partial charge in [-0.1, -0.05) is 24.3 Å². The van der Waals surface area contributed by atoms with Crippen LogP contribution in [0.25, 0.3) is 12.2 Å². The lowest BCUT2D eigenvalue weighted by Gasteiger charge is -2.24. The summed E-state index contributed by atoms with van der Waals surface area (Å²) in [4.78, 5) is 37.5. The molecule has 0 aliphatic carbocycles. The van der Waals surface area contributed by atoms with Gasteiger partial charge in [-0.2, -0.15) is 0 Å². The summed E-state index contributed by atoms with van der Waals surface area (Å²) in [6, 6.07) is 10.3. The number of aliphatic hydroxyl groups excluding tert-OH is 1. The average molecular weight is 411 g/mol. The van der Waals surface area contributed by atoms with Gasteiger partial charge >= 0.3 is 5.97 Å². The number of nitrogens with zero attached hydrogens (tertiary/aromatic N) is 1. The zero-order chi connectivity index (χ0) is 22.1. The Morgan fingerprint density at radius 1 is 0.800 bits per heavy atom. The molecule has 30 heavy (non-hydrogen) atoms. The predicted octanol–water partition coefficient (Wildman–Crippen LogP) is 2.02. The SMILES string of the molecule is O=C(O)[C@H](CCO)N(C(=O)/C=C/c1ccc(O)cc1)C(=O)/C=C/c1ccc(O)cc1. The minimum atomic E-state index is -1.55. The third kappa shape index (κ3) is 6.32. The number of hydrogen-bond donors (Lipinski definition) is 4. The number of carbonyl (C=O) groups is 3. The van der Waals surface area contributed by atoms with Crippen LogP contribution in [0.1, 0.15) is 17.5 Å². The number of carbonyl (C=O) groups excluding carboxylic acids is 2. The second-order valence-corrected chi connectivity index (χ2v) is 6.26. The van der Waals surface area contributed by atoms with Gasteiger partial charge in [-0.15, -0.1) is 0 Å². The van der Waals surface area contributed by atoms with Crippen molar-refractivity contribution in [1.82, 2.24) is 4.90 Å². The van der Waals surface area contributed by atoms with E-state index in [0.29, 0.717) is 16.0 Å². The highest BCUT2D eigenvalue weighted by Crippen LogP contribution is 2.14. The Labute approximate surface area is 172 Å². The van der Waals surface area contributed by atoms with Gasteiger partial charge < -0.3 is 20.4 Å². The van der Waals surface area contributed by atoms with Crippen LogP contribution in [0, 0.1) is 0 Å². The number of phenols is 2. The van der Waals surface area contributed by atoms with Crippen LogP contribution < -0.4 is 0 Å². The van der Waals surface area contributed by atoms with Crippen LogP contribution in [0.3, 0.4) is 0 Å². The molecule has 4 N–H and O–H groups in total. The maximum absolute atomic E-state index is 12.7. The van der Waals surface area contributed by atoms with Crippen molar-refractivity contribution in [3.05, 3.63) is 71.8 Å². The Balaban J connectivity index is 2.29. The summed E-state index contributed by atoms with van der Waals surface area (Å²) in [5, 5.41) is 37.2. The van der Waals surface area contributed by atoms with E-state index in [1.54, 1.807) is 24.3 Å². The lowest BCUT2D eigenvalue weighted by atomic mass is 10.1. The number of amides is 2. The fourth-order valence-corrected chi connectivity index (χ4v) is 2.57. The smallest absolute Gasteiger partial charge is 0.327 e. The van der Waals surface area contributed by atoms with Crippen molar-refractivity contribution in [2.75, 3.05) is 6.61 Å². The summed E-state index contributed by atoms with van der Waals surface area (Å²) in [5.41, 5.74) is 1.12. The van der Waals surface area contributed by atoms with Crippen LogP contribution in [-0.4, -0.2) is 55.8 Å². The molecule has 0 radical (unpaired) electrons. The molecule has 2 aromatic rings. The third-order valence-electron chi connectivity index (χ3n) is 4.10. The van der Waals surface area contributed by atoms with Gasteiger partial charge in [0.15, 0.2) is 0 Å². The molecule has 0 saturated heterocycles. The van der Waals surface area contributed by atoms with E-state index in [4.69, 9.17) is 5.11 Å². The molecule has 0 heterocycles. The molecule has 0 aromatic heterocycles. The molecule has 0 saturated carbocycles. The van der Waals surface area contributed by atoms with Gasteiger partial charge in [-0.05, 0) is 47.5 Å². The Morgan fingerprint density at radius 2 is 1.20 bits per heavy atom. The molecule has 156 valence electrons. The fraction of sp³-hybridized carbons (Fsp3) is 0.136. The maximum atomic E-state index is 12.7. The third-order valence-corrected chi connectivity index (χ3v) is 4.10. The number of benzene rings is 2. The van der Waals surface area contributed by atoms with E-state index < -0.39 is 30.4 Å². The standard InChI is InChI=1S/C22H21NO7/c24-14-13-19(22(29)30)23(20(27)11-5-15-1-7-17(25)8-2-15)21(28)12-6-16-3-9-18(26)10-4-16/h1-12,19,24-26H,13-14H2,(H,29,30)/b11-5+,12-6+/t19-/m0/s1. The van der Waals surface area contributed by atoms with Gasteiger partial charge in [0.05, 0.1) is 0 Å². The number of carboxylic acid groups (broad SMARTS) is 1. The summed E-state index contributed by atoms with van der Waals surface area (Å²) in [6.45, 7) is -0.530. The van der Waals surface area contributed by atoms with Crippen LogP contribution in [0.4, 0.5) is 0 Å². The molecule has 2 rings (SSSR count). The normalized spacial score (nSPS) is 12.2. The molecule has 0 spiro atoms.